The van der Waals surface area contributed by atoms with Gasteiger partial charge in [-0.3, -0.25) is 14.4 Å². The van der Waals surface area contributed by atoms with E-state index in [9.17, 15) is 14.4 Å². The fraction of sp³-hybridized carbons (Fsp3) is 0.727. The van der Waals surface area contributed by atoms with E-state index >= 15 is 0 Å². The van der Waals surface area contributed by atoms with E-state index in [-0.39, 0.29) is 12.8 Å². The molecule has 17 nitrogen and oxygen atoms in total. The summed E-state index contributed by atoms with van der Waals surface area (Å²) in [5.74, 6) is -11.2. The summed E-state index contributed by atoms with van der Waals surface area (Å²) in [6.45, 7) is 3.52. The predicted octanol–water partition coefficient (Wildman–Crippen LogP) is 3.65. The number of nitrogens with zero attached hydrogens (tertiary/aromatic N) is 12. The molecule has 0 heterocycles. The molecule has 0 spiro atoms. The third-order valence-electron chi connectivity index (χ3n) is 3.13. The first-order valence-electron chi connectivity index (χ1n) is 7.41. The van der Waals surface area contributed by atoms with E-state index < -0.39 is 35.3 Å². The van der Waals surface area contributed by atoms with E-state index in [4.69, 9.17) is 31.6 Å². The number of carbonyl (C=O) groups excluding carboxylic acids is 3. The molecule has 0 aromatic rings. The van der Waals surface area contributed by atoms with Crippen molar-refractivity contribution < 1.29 is 23.9 Å². The van der Waals surface area contributed by atoms with Gasteiger partial charge in [-0.15, -0.1) is 0 Å². The molecule has 0 N–H and O–H groups in total. The van der Waals surface area contributed by atoms with E-state index in [0.717, 1.165) is 6.92 Å². The number of rotatable bonds is 11. The summed E-state index contributed by atoms with van der Waals surface area (Å²) < 4.78 is 9.54. The Bertz CT molecular complexity index is 731. The van der Waals surface area contributed by atoms with Crippen LogP contribution in [-0.4, -0.2) is 29.4 Å². The molecule has 0 rings (SSSR count). The average Bonchev–Trinajstić information content (AvgIpc) is 2.62. The number of carbonyl (C=O) groups is 3. The third-order valence-corrected chi connectivity index (χ3v) is 3.13. The molecule has 0 bridgehead atoms. The van der Waals surface area contributed by atoms with Gasteiger partial charge in [0.25, 0.3) is 11.7 Å². The standard InChI is InChI=1S/C11H14N12O5/c1-4-10(16-20-12,17-21-13)27-8(25)7(6(3)24)9(26)28-11(5-2,18-22-14)19-23-15/h7H,4-5H2,1-3H3. The normalized spacial score (nSPS) is 14.7. The smallest absolute Gasteiger partial charge is 0.328 e. The summed E-state index contributed by atoms with van der Waals surface area (Å²) in [4.78, 5) is 46.0. The Morgan fingerprint density at radius 3 is 1.25 bits per heavy atom. The van der Waals surface area contributed by atoms with Crippen LogP contribution in [0.25, 0.3) is 41.8 Å². The molecule has 0 aromatic heterocycles. The summed E-state index contributed by atoms with van der Waals surface area (Å²) in [6, 6.07) is 0. The van der Waals surface area contributed by atoms with Gasteiger partial charge in [-0.05, 0) is 62.3 Å². The maximum absolute atomic E-state index is 12.3. The zero-order valence-electron chi connectivity index (χ0n) is 14.9. The van der Waals surface area contributed by atoms with Gasteiger partial charge in [0, 0.05) is 19.6 Å². The number of ether oxygens (including phenoxy) is 2. The number of hydrogen-bond donors (Lipinski definition) is 0. The average molecular weight is 394 g/mol. The maximum atomic E-state index is 12.3. The van der Waals surface area contributed by atoms with Crippen LogP contribution in [0, 0.1) is 5.92 Å². The highest BCUT2D eigenvalue weighted by atomic mass is 16.6. The largest absolute Gasteiger partial charge is 0.446 e. The van der Waals surface area contributed by atoms with Gasteiger partial charge in [-0.2, -0.15) is 0 Å². The number of ketones is 1. The molecular weight excluding hydrogens is 380 g/mol. The number of azide groups is 2. The van der Waals surface area contributed by atoms with Crippen molar-refractivity contribution in [2.24, 2.45) is 26.4 Å². The number of esters is 2. The molecule has 0 radical (unpaired) electrons. The number of hydrogen-bond acceptors (Lipinski definition) is 9. The van der Waals surface area contributed by atoms with Crippen molar-refractivity contribution in [3.05, 3.63) is 41.8 Å². The molecule has 0 amide bonds. The fourth-order valence-corrected chi connectivity index (χ4v) is 1.70. The van der Waals surface area contributed by atoms with Gasteiger partial charge in [0.05, 0.1) is 0 Å². The first-order chi connectivity index (χ1) is 13.2. The summed E-state index contributed by atoms with van der Waals surface area (Å²) >= 11 is 0. The molecule has 0 aliphatic carbocycles. The van der Waals surface area contributed by atoms with Crippen molar-refractivity contribution in [3.8, 4) is 0 Å². The topological polar surface area (TPSA) is 265 Å². The van der Waals surface area contributed by atoms with Gasteiger partial charge in [0.2, 0.25) is 5.92 Å². The Labute approximate surface area is 156 Å². The molecule has 148 valence electrons. The summed E-state index contributed by atoms with van der Waals surface area (Å²) in [5.41, 5.74) is 34.3. The molecule has 0 unspecified atom stereocenters. The van der Waals surface area contributed by atoms with E-state index in [0.29, 0.717) is 0 Å². The van der Waals surface area contributed by atoms with Crippen molar-refractivity contribution in [2.45, 2.75) is 45.3 Å². The van der Waals surface area contributed by atoms with Gasteiger partial charge in [0.15, 0.2) is 5.78 Å². The molecular formula is C11H14N12O5. The van der Waals surface area contributed by atoms with Gasteiger partial charge in [-0.1, -0.05) is 13.8 Å². The minimum atomic E-state index is -2.37. The van der Waals surface area contributed by atoms with Crippen molar-refractivity contribution >= 4 is 17.7 Å². The van der Waals surface area contributed by atoms with E-state index in [1.165, 1.54) is 13.8 Å². The summed E-state index contributed by atoms with van der Waals surface area (Å²) in [7, 11) is 0. The molecule has 17 heteroatoms. The predicted molar refractivity (Wildman–Crippen MR) is 89.0 cm³/mol. The van der Waals surface area contributed by atoms with Crippen LogP contribution in [0.2, 0.25) is 0 Å². The highest BCUT2D eigenvalue weighted by Gasteiger charge is 2.43. The van der Waals surface area contributed by atoms with Crippen molar-refractivity contribution in [2.75, 3.05) is 0 Å². The van der Waals surface area contributed by atoms with Crippen LogP contribution in [0.1, 0.15) is 33.6 Å². The Kier molecular flexibility index (Phi) is 9.16. The molecule has 0 atom stereocenters. The molecule has 0 aromatic carbocycles. The van der Waals surface area contributed by atoms with Crippen LogP contribution >= 0.6 is 0 Å². The van der Waals surface area contributed by atoms with Gasteiger partial charge >= 0.3 is 11.9 Å². The van der Waals surface area contributed by atoms with Gasteiger partial charge in [-0.25, -0.2) is 0 Å². The Hall–Kier alpha value is -4.15. The summed E-state index contributed by atoms with van der Waals surface area (Å²) in [5, 5.41) is 12.3. The lowest BCUT2D eigenvalue weighted by Gasteiger charge is -2.26. The minimum absolute atomic E-state index is 0.317. The van der Waals surface area contributed by atoms with Crippen LogP contribution in [-0.2, 0) is 23.9 Å². The second-order valence-electron chi connectivity index (χ2n) is 4.84. The van der Waals surface area contributed by atoms with Crippen LogP contribution < -0.4 is 0 Å². The molecule has 0 aliphatic rings. The lowest BCUT2D eigenvalue weighted by atomic mass is 10.1. The third kappa shape index (κ3) is 5.98. The SMILES string of the molecule is CCC(N=[N+]=[N-])(N=[N+]=[N-])OC(=O)C(C(C)=O)C(=O)OC(CC)(N=[N+]=[N-])N=[N+]=[N-]. The maximum Gasteiger partial charge on any atom is 0.328 e. The molecule has 0 aliphatic heterocycles. The van der Waals surface area contributed by atoms with Gasteiger partial charge < -0.3 is 9.47 Å². The van der Waals surface area contributed by atoms with Crippen LogP contribution in [0.15, 0.2) is 20.5 Å². The summed E-state index contributed by atoms with van der Waals surface area (Å²) in [6.07, 6.45) is -0.633. The monoisotopic (exact) mass is 394 g/mol. The van der Waals surface area contributed by atoms with E-state index in [2.05, 4.69) is 40.1 Å². The van der Waals surface area contributed by atoms with Crippen molar-refractivity contribution in [3.63, 3.8) is 0 Å². The zero-order valence-corrected chi connectivity index (χ0v) is 14.9. The molecule has 0 saturated heterocycles. The molecule has 0 saturated carbocycles. The first kappa shape index (κ1) is 23.8. The lowest BCUT2D eigenvalue weighted by molar-refractivity contribution is -0.179. The van der Waals surface area contributed by atoms with E-state index in [1.54, 1.807) is 0 Å². The second kappa shape index (κ2) is 10.8. The quantitative estimate of drug-likeness (QED) is 0.166. The van der Waals surface area contributed by atoms with Crippen LogP contribution in [0.3, 0.4) is 0 Å². The molecule has 0 fully saturated rings. The van der Waals surface area contributed by atoms with E-state index in [1.807, 2.05) is 0 Å². The fourth-order valence-electron chi connectivity index (χ4n) is 1.70. The second-order valence-corrected chi connectivity index (χ2v) is 4.84. The Morgan fingerprint density at radius 1 is 0.786 bits per heavy atom. The Balaban J connectivity index is 5.98. The minimum Gasteiger partial charge on any atom is -0.446 e. The lowest BCUT2D eigenvalue weighted by Crippen LogP contribution is -2.42. The molecule has 28 heavy (non-hydrogen) atoms. The van der Waals surface area contributed by atoms with Crippen LogP contribution in [0.5, 0.6) is 0 Å². The van der Waals surface area contributed by atoms with Crippen molar-refractivity contribution in [1.29, 1.82) is 0 Å². The first-order valence-corrected chi connectivity index (χ1v) is 7.41. The number of Topliss-reactive ketones (excluding diaryl/α,β-unsaturated/α-hetero) is 1. The highest BCUT2D eigenvalue weighted by molar-refractivity contribution is 6.14. The van der Waals surface area contributed by atoms with Gasteiger partial charge in [0.1, 0.15) is 0 Å². The van der Waals surface area contributed by atoms with Crippen molar-refractivity contribution in [1.82, 2.24) is 0 Å². The highest BCUT2D eigenvalue weighted by Crippen LogP contribution is 2.26. The zero-order chi connectivity index (χ0) is 21.8. The van der Waals surface area contributed by atoms with Crippen LogP contribution in [0.4, 0.5) is 0 Å². The Morgan fingerprint density at radius 2 is 1.07 bits per heavy atom.